The highest BCUT2D eigenvalue weighted by Crippen LogP contribution is 2.34. The van der Waals surface area contributed by atoms with Gasteiger partial charge in [-0.1, -0.05) is 47.2 Å². The minimum Gasteiger partial charge on any atom is -0.310 e. The van der Waals surface area contributed by atoms with Crippen LogP contribution in [0.4, 0.5) is 5.82 Å². The lowest BCUT2D eigenvalue weighted by atomic mass is 10.2. The van der Waals surface area contributed by atoms with E-state index in [2.05, 4.69) is 10.4 Å². The largest absolute Gasteiger partial charge is 0.310 e. The predicted molar refractivity (Wildman–Crippen MR) is 122 cm³/mol. The summed E-state index contributed by atoms with van der Waals surface area (Å²) in [6.45, 7) is 3.90. The van der Waals surface area contributed by atoms with Crippen molar-refractivity contribution in [2.24, 2.45) is 0 Å². The lowest BCUT2D eigenvalue weighted by Crippen LogP contribution is -2.15. The first-order valence-corrected chi connectivity index (χ1v) is 11.3. The van der Waals surface area contributed by atoms with Gasteiger partial charge in [0.1, 0.15) is 5.82 Å². The molecule has 2 aromatic heterocycles. The van der Waals surface area contributed by atoms with Crippen LogP contribution in [0.3, 0.4) is 0 Å². The van der Waals surface area contributed by atoms with Crippen LogP contribution in [0.15, 0.2) is 53.4 Å². The van der Waals surface area contributed by atoms with Crippen molar-refractivity contribution >= 4 is 56.6 Å². The Hall–Kier alpha value is -2.35. The summed E-state index contributed by atoms with van der Waals surface area (Å²) in [5.41, 5.74) is 2.72. The van der Waals surface area contributed by atoms with Crippen LogP contribution in [-0.2, 0) is 4.79 Å². The van der Waals surface area contributed by atoms with Crippen LogP contribution in [0.2, 0.25) is 5.02 Å². The Kier molecular flexibility index (Phi) is 5.89. The highest BCUT2D eigenvalue weighted by Gasteiger charge is 2.16. The van der Waals surface area contributed by atoms with Gasteiger partial charge in [0.25, 0.3) is 0 Å². The highest BCUT2D eigenvalue weighted by molar-refractivity contribution is 7.99. The van der Waals surface area contributed by atoms with Crippen molar-refractivity contribution in [3.63, 3.8) is 0 Å². The van der Waals surface area contributed by atoms with Gasteiger partial charge < -0.3 is 5.32 Å². The van der Waals surface area contributed by atoms with E-state index in [0.29, 0.717) is 28.1 Å². The summed E-state index contributed by atoms with van der Waals surface area (Å²) >= 11 is 9.46. The number of halogens is 1. The van der Waals surface area contributed by atoms with Gasteiger partial charge in [0.15, 0.2) is 0 Å². The van der Waals surface area contributed by atoms with Crippen molar-refractivity contribution in [1.29, 1.82) is 0 Å². The summed E-state index contributed by atoms with van der Waals surface area (Å²) < 4.78 is 2.60. The van der Waals surface area contributed by atoms with E-state index >= 15 is 0 Å². The molecular weight excluding hydrogens is 424 g/mol. The molecule has 0 fully saturated rings. The number of anilines is 1. The summed E-state index contributed by atoms with van der Waals surface area (Å²) in [5.74, 6) is 1.27. The fourth-order valence-electron chi connectivity index (χ4n) is 2.90. The lowest BCUT2D eigenvalue weighted by Gasteiger charge is -2.06. The highest BCUT2D eigenvalue weighted by atomic mass is 35.5. The third-order valence-corrected chi connectivity index (χ3v) is 6.81. The Morgan fingerprint density at radius 3 is 2.76 bits per heavy atom. The molecular formula is C21H19ClN4OS2. The van der Waals surface area contributed by atoms with Gasteiger partial charge in [-0.25, -0.2) is 4.98 Å². The molecule has 0 spiro atoms. The van der Waals surface area contributed by atoms with Crippen molar-refractivity contribution in [2.75, 3.05) is 11.1 Å². The number of nitrogens with one attached hydrogen (secondary N) is 1. The van der Waals surface area contributed by atoms with E-state index in [4.69, 9.17) is 16.6 Å². The maximum Gasteiger partial charge on any atom is 0.226 e. The maximum atomic E-state index is 12.5. The van der Waals surface area contributed by atoms with Crippen LogP contribution in [0.1, 0.15) is 17.7 Å². The first kappa shape index (κ1) is 19.9. The third kappa shape index (κ3) is 4.47. The molecule has 148 valence electrons. The number of carbonyl (C=O) groups excluding carboxylic acids is 1. The number of carbonyl (C=O) groups is 1. The van der Waals surface area contributed by atoms with Gasteiger partial charge >= 0.3 is 0 Å². The summed E-state index contributed by atoms with van der Waals surface area (Å²) in [6.07, 6.45) is 0.411. The van der Waals surface area contributed by atoms with Crippen molar-refractivity contribution in [2.45, 2.75) is 25.2 Å². The molecule has 2 heterocycles. The molecule has 1 N–H and O–H groups in total. The SMILES string of the molecule is Cc1cc(NC(=O)CCSc2ccccc2)n(-c2nc3c(C)ccc(Cl)c3s2)n1. The molecule has 0 atom stereocenters. The molecule has 0 aliphatic carbocycles. The number of thiazole rings is 1. The van der Waals surface area contributed by atoms with E-state index in [1.54, 1.807) is 16.4 Å². The van der Waals surface area contributed by atoms with Gasteiger partial charge in [-0.2, -0.15) is 9.78 Å². The lowest BCUT2D eigenvalue weighted by molar-refractivity contribution is -0.115. The zero-order valence-corrected chi connectivity index (χ0v) is 18.4. The molecule has 1 amide bonds. The number of thioether (sulfide) groups is 1. The maximum absolute atomic E-state index is 12.5. The second-order valence-corrected chi connectivity index (χ2v) is 9.13. The van der Waals surface area contributed by atoms with Crippen LogP contribution in [-0.4, -0.2) is 26.4 Å². The van der Waals surface area contributed by atoms with Gasteiger partial charge in [0.05, 0.1) is 20.9 Å². The van der Waals surface area contributed by atoms with Gasteiger partial charge in [-0.3, -0.25) is 4.79 Å². The summed E-state index contributed by atoms with van der Waals surface area (Å²) in [7, 11) is 0. The molecule has 0 aliphatic heterocycles. The number of rotatable bonds is 6. The number of aryl methyl sites for hydroxylation is 2. The number of aromatic nitrogens is 3. The second kappa shape index (κ2) is 8.57. The third-order valence-electron chi connectivity index (χ3n) is 4.31. The van der Waals surface area contributed by atoms with E-state index < -0.39 is 0 Å². The number of benzene rings is 2. The van der Waals surface area contributed by atoms with E-state index in [9.17, 15) is 4.79 Å². The Labute approximate surface area is 182 Å². The van der Waals surface area contributed by atoms with Gasteiger partial charge in [0, 0.05) is 23.1 Å². The molecule has 0 bridgehead atoms. The minimum atomic E-state index is -0.0510. The zero-order valence-electron chi connectivity index (χ0n) is 16.0. The Bertz CT molecular complexity index is 1130. The van der Waals surface area contributed by atoms with Crippen molar-refractivity contribution in [3.05, 3.63) is 64.8 Å². The smallest absolute Gasteiger partial charge is 0.226 e. The Balaban J connectivity index is 1.50. The fourth-order valence-corrected chi connectivity index (χ4v) is 5.05. The van der Waals surface area contributed by atoms with Crippen molar-refractivity contribution in [3.8, 4) is 5.13 Å². The number of hydrogen-bond acceptors (Lipinski definition) is 5. The Morgan fingerprint density at radius 1 is 1.21 bits per heavy atom. The van der Waals surface area contributed by atoms with Gasteiger partial charge in [-0.05, 0) is 37.6 Å². The molecule has 0 radical (unpaired) electrons. The van der Waals surface area contributed by atoms with Crippen molar-refractivity contribution in [1.82, 2.24) is 14.8 Å². The Morgan fingerprint density at radius 2 is 2.00 bits per heavy atom. The molecule has 4 aromatic rings. The molecule has 8 heteroatoms. The zero-order chi connectivity index (χ0) is 20.4. The number of hydrogen-bond donors (Lipinski definition) is 1. The predicted octanol–water partition coefficient (Wildman–Crippen LogP) is 5.87. The average Bonchev–Trinajstić information content (AvgIpc) is 3.30. The average molecular weight is 443 g/mol. The first-order valence-electron chi connectivity index (χ1n) is 9.11. The monoisotopic (exact) mass is 442 g/mol. The van der Waals surface area contributed by atoms with Crippen LogP contribution in [0.25, 0.3) is 15.3 Å². The summed E-state index contributed by atoms with van der Waals surface area (Å²) in [4.78, 5) is 18.3. The molecule has 2 aromatic carbocycles. The fraction of sp³-hybridized carbons (Fsp3) is 0.190. The van der Waals surface area contributed by atoms with Gasteiger partial charge in [0.2, 0.25) is 11.0 Å². The molecule has 5 nitrogen and oxygen atoms in total. The molecule has 0 saturated carbocycles. The molecule has 0 saturated heterocycles. The molecule has 0 unspecified atom stereocenters. The van der Waals surface area contributed by atoms with Crippen LogP contribution < -0.4 is 5.32 Å². The van der Waals surface area contributed by atoms with E-state index in [1.807, 2.05) is 62.4 Å². The second-order valence-electron chi connectivity index (χ2n) is 6.58. The van der Waals surface area contributed by atoms with Crippen LogP contribution in [0, 0.1) is 13.8 Å². The topological polar surface area (TPSA) is 59.8 Å². The minimum absolute atomic E-state index is 0.0510. The van der Waals surface area contributed by atoms with E-state index in [1.165, 1.54) is 11.3 Å². The number of nitrogens with zero attached hydrogens (tertiary/aromatic N) is 3. The summed E-state index contributed by atoms with van der Waals surface area (Å²) in [6, 6.07) is 15.7. The first-order chi connectivity index (χ1) is 14.0. The van der Waals surface area contributed by atoms with Crippen LogP contribution >= 0.6 is 34.7 Å². The number of amides is 1. The summed E-state index contributed by atoms with van der Waals surface area (Å²) in [5, 5.41) is 8.84. The van der Waals surface area contributed by atoms with Crippen molar-refractivity contribution < 1.29 is 4.79 Å². The standard InChI is InChI=1S/C21H19ClN4OS2/c1-13-8-9-16(22)20-19(13)24-21(29-20)26-17(12-14(2)25-26)23-18(27)10-11-28-15-6-4-3-5-7-15/h3-9,12H,10-11H2,1-2H3,(H,23,27). The normalized spacial score (nSPS) is 11.1. The molecule has 29 heavy (non-hydrogen) atoms. The van der Waals surface area contributed by atoms with Gasteiger partial charge in [-0.15, -0.1) is 11.8 Å². The quantitative estimate of drug-likeness (QED) is 0.379. The van der Waals surface area contributed by atoms with E-state index in [0.717, 1.165) is 26.4 Å². The molecule has 4 rings (SSSR count). The van der Waals surface area contributed by atoms with Crippen LogP contribution in [0.5, 0.6) is 0 Å². The van der Waals surface area contributed by atoms with E-state index in [-0.39, 0.29) is 5.91 Å². The molecule has 0 aliphatic rings. The number of fused-ring (bicyclic) bond motifs is 1.